The first-order chi connectivity index (χ1) is 22.8. The normalized spacial score (nSPS) is 36.5. The predicted octanol–water partition coefficient (Wildman–Crippen LogP) is 6.15. The fourth-order valence-electron chi connectivity index (χ4n) is 11.5. The van der Waals surface area contributed by atoms with E-state index in [9.17, 15) is 20.0 Å². The molecule has 3 aliphatic carbocycles. The first-order valence-corrected chi connectivity index (χ1v) is 17.9. The van der Waals surface area contributed by atoms with Gasteiger partial charge in [0.15, 0.2) is 0 Å². The van der Waals surface area contributed by atoms with Crippen molar-refractivity contribution in [1.29, 1.82) is 0 Å². The number of oxime groups is 2. The van der Waals surface area contributed by atoms with Crippen LogP contribution in [0.2, 0.25) is 0 Å². The van der Waals surface area contributed by atoms with Crippen LogP contribution >= 0.6 is 0 Å². The van der Waals surface area contributed by atoms with Crippen molar-refractivity contribution in [2.75, 3.05) is 0 Å². The zero-order valence-corrected chi connectivity index (χ0v) is 29.3. The molecule has 3 saturated carbocycles. The Morgan fingerprint density at radius 1 is 0.938 bits per heavy atom. The highest BCUT2D eigenvalue weighted by Gasteiger charge is 2.74. The van der Waals surface area contributed by atoms with Gasteiger partial charge in [-0.25, -0.2) is 23.5 Å². The maximum absolute atomic E-state index is 15.0. The molecule has 11 nitrogen and oxygen atoms in total. The van der Waals surface area contributed by atoms with E-state index < -0.39 is 39.9 Å². The molecule has 2 aromatic rings. The molecule has 0 saturated heterocycles. The second-order valence-electron chi connectivity index (χ2n) is 16.2. The number of aromatic nitrogens is 3. The Hall–Kier alpha value is -3.63. The predicted molar refractivity (Wildman–Crippen MR) is 183 cm³/mol. The number of carbonyl (C=O) groups is 1. The molecule has 9 atom stereocenters. The Labute approximate surface area is 282 Å². The van der Waals surface area contributed by atoms with Crippen LogP contribution in [-0.2, 0) is 20.6 Å². The van der Waals surface area contributed by atoms with Gasteiger partial charge in [0.05, 0.1) is 18.1 Å². The quantitative estimate of drug-likeness (QED) is 0.143. The fraction of sp³-hybridized carbons (Fsp3) is 0.703. The van der Waals surface area contributed by atoms with Gasteiger partial charge < -0.3 is 15.2 Å². The minimum absolute atomic E-state index is 0.0979. The summed E-state index contributed by atoms with van der Waals surface area (Å²) in [6, 6.07) is 8.84. The fourth-order valence-corrected chi connectivity index (χ4v) is 11.5. The highest BCUT2D eigenvalue weighted by atomic mass is 16.5. The Morgan fingerprint density at radius 2 is 1.62 bits per heavy atom. The van der Waals surface area contributed by atoms with E-state index in [0.717, 1.165) is 32.1 Å². The summed E-state index contributed by atoms with van der Waals surface area (Å²) in [6.07, 6.45) is 10.6. The number of fused-ring (bicyclic) bond motifs is 8. The summed E-state index contributed by atoms with van der Waals surface area (Å²) in [5.74, 6) is 0.752. The molecule has 11 heteroatoms. The number of hydrogen-bond acceptors (Lipinski definition) is 8. The molecule has 262 valence electrons. The lowest BCUT2D eigenvalue weighted by molar-refractivity contribution is -0.181. The van der Waals surface area contributed by atoms with E-state index in [1.807, 2.05) is 6.07 Å². The zero-order valence-electron chi connectivity index (χ0n) is 29.3. The van der Waals surface area contributed by atoms with Gasteiger partial charge in [0.2, 0.25) is 0 Å². The van der Waals surface area contributed by atoms with Crippen LogP contribution in [-0.4, -0.2) is 48.8 Å². The zero-order chi connectivity index (χ0) is 34.6. The molecule has 0 spiro atoms. The second kappa shape index (κ2) is 12.4. The topological polar surface area (TPSA) is 140 Å². The molecule has 48 heavy (non-hydrogen) atoms. The summed E-state index contributed by atoms with van der Waals surface area (Å²) < 4.78 is 10.00. The number of nitrogens with zero attached hydrogens (tertiary/aromatic N) is 5. The lowest BCUT2D eigenvalue weighted by Crippen LogP contribution is -2.76. The van der Waals surface area contributed by atoms with Crippen molar-refractivity contribution in [2.24, 2.45) is 50.7 Å². The van der Waals surface area contributed by atoms with E-state index in [0.29, 0.717) is 36.3 Å². The van der Waals surface area contributed by atoms with Crippen LogP contribution in [0.25, 0.3) is 5.69 Å². The highest BCUT2D eigenvalue weighted by Crippen LogP contribution is 2.71. The van der Waals surface area contributed by atoms with Gasteiger partial charge in [-0.05, 0) is 85.7 Å². The SMILES string of the molecule is CC(=O)O[C@H]1CC[C@]2(C)C3CC[C@]4(C)C([C@H](C)CCCC(C)C)CCC4[C@]3(/C=N/O)n3c(=O)n(-c4ccccc4)c(=O)n3[C@]2(/C=N/O)C1. The third-order valence-corrected chi connectivity index (χ3v) is 13.5. The van der Waals surface area contributed by atoms with Gasteiger partial charge in [0.25, 0.3) is 0 Å². The summed E-state index contributed by atoms with van der Waals surface area (Å²) in [4.78, 5) is 42.2. The van der Waals surface area contributed by atoms with E-state index in [2.05, 4.69) is 44.9 Å². The van der Waals surface area contributed by atoms with E-state index >= 15 is 4.79 Å². The lowest BCUT2D eigenvalue weighted by Gasteiger charge is -2.67. The van der Waals surface area contributed by atoms with Crippen LogP contribution in [0.15, 0.2) is 50.2 Å². The third kappa shape index (κ3) is 4.76. The number of ether oxygens (including phenoxy) is 1. The summed E-state index contributed by atoms with van der Waals surface area (Å²) >= 11 is 0. The Balaban J connectivity index is 1.63. The van der Waals surface area contributed by atoms with E-state index in [1.165, 1.54) is 35.2 Å². The average molecular weight is 664 g/mol. The molecule has 2 heterocycles. The molecule has 2 N–H and O–H groups in total. The maximum Gasteiger partial charge on any atom is 0.352 e. The number of carbonyl (C=O) groups excluding carboxylic acids is 1. The van der Waals surface area contributed by atoms with Gasteiger partial charge in [0, 0.05) is 18.8 Å². The molecule has 3 unspecified atom stereocenters. The van der Waals surface area contributed by atoms with Gasteiger partial charge in [-0.3, -0.25) is 4.79 Å². The van der Waals surface area contributed by atoms with Crippen molar-refractivity contribution in [2.45, 2.75) is 123 Å². The number of esters is 1. The maximum atomic E-state index is 15.0. The van der Waals surface area contributed by atoms with Crippen molar-refractivity contribution < 1.29 is 19.9 Å². The first-order valence-electron chi connectivity index (χ1n) is 17.9. The molecule has 0 radical (unpaired) electrons. The molecule has 4 aliphatic rings. The number of para-hydroxylation sites is 1. The minimum atomic E-state index is -1.32. The highest BCUT2D eigenvalue weighted by molar-refractivity contribution is 5.75. The molecular weight excluding hydrogens is 610 g/mol. The first kappa shape index (κ1) is 34.2. The Bertz CT molecular complexity index is 1690. The van der Waals surface area contributed by atoms with Crippen LogP contribution in [0.1, 0.15) is 106 Å². The standard InChI is InChI=1S/C37H53N5O6/c1-24(2)11-10-12-25(3)29-15-16-30-34(29,5)19-18-31-35(6)20-17-28(48-26(4)43)21-36(35,22-38-46)41-32(44)40(27-13-8-7-9-14-27)33(45)42(41)37(30,31)23-39-47/h7-9,13-14,22-25,28-31,46-47H,10-12,15-21H2,1-6H3/b38-22+,39-23+/t25-,28+,29?,30?,31?,34-,35-,36+,37+/m1/s1. The number of rotatable bonds is 9. The average Bonchev–Trinajstić information content (AvgIpc) is 3.52. The van der Waals surface area contributed by atoms with E-state index in [-0.39, 0.29) is 23.7 Å². The lowest BCUT2D eigenvalue weighted by atomic mass is 9.43. The van der Waals surface area contributed by atoms with Crippen molar-refractivity contribution in [3.05, 3.63) is 51.3 Å². The molecule has 1 aromatic heterocycles. The Morgan fingerprint density at radius 3 is 2.27 bits per heavy atom. The van der Waals surface area contributed by atoms with Crippen LogP contribution in [0, 0.1) is 40.4 Å². The van der Waals surface area contributed by atoms with E-state index in [4.69, 9.17) is 4.74 Å². The molecule has 3 fully saturated rings. The smallest absolute Gasteiger partial charge is 0.352 e. The summed E-state index contributed by atoms with van der Waals surface area (Å²) in [5.41, 5.74) is -4.06. The summed E-state index contributed by atoms with van der Waals surface area (Å²) in [6.45, 7) is 12.7. The molecular formula is C37H53N5O6. The van der Waals surface area contributed by atoms with Crippen molar-refractivity contribution >= 4 is 18.4 Å². The minimum Gasteiger partial charge on any atom is -0.462 e. The summed E-state index contributed by atoms with van der Waals surface area (Å²) in [7, 11) is 0. The molecule has 1 aliphatic heterocycles. The summed E-state index contributed by atoms with van der Waals surface area (Å²) in [5, 5.41) is 28.1. The number of benzene rings is 1. The van der Waals surface area contributed by atoms with E-state index in [1.54, 1.807) is 35.2 Å². The van der Waals surface area contributed by atoms with Crippen LogP contribution < -0.4 is 11.4 Å². The molecule has 0 bridgehead atoms. The van der Waals surface area contributed by atoms with Gasteiger partial charge >= 0.3 is 17.3 Å². The number of hydrogen-bond donors (Lipinski definition) is 2. The largest absolute Gasteiger partial charge is 0.462 e. The molecule has 6 rings (SSSR count). The Kier molecular flexibility index (Phi) is 8.82. The van der Waals surface area contributed by atoms with Gasteiger partial charge in [0.1, 0.15) is 17.2 Å². The van der Waals surface area contributed by atoms with Crippen molar-refractivity contribution in [3.8, 4) is 5.69 Å². The van der Waals surface area contributed by atoms with Crippen LogP contribution in [0.4, 0.5) is 0 Å². The van der Waals surface area contributed by atoms with Crippen molar-refractivity contribution in [1.82, 2.24) is 13.9 Å². The van der Waals surface area contributed by atoms with Crippen LogP contribution in [0.3, 0.4) is 0 Å². The monoisotopic (exact) mass is 663 g/mol. The second-order valence-corrected chi connectivity index (χ2v) is 16.2. The van der Waals surface area contributed by atoms with Gasteiger partial charge in [-0.1, -0.05) is 82.4 Å². The molecule has 0 amide bonds. The third-order valence-electron chi connectivity index (χ3n) is 13.5. The van der Waals surface area contributed by atoms with Gasteiger partial charge in [-0.2, -0.15) is 0 Å². The van der Waals surface area contributed by atoms with Crippen molar-refractivity contribution in [3.63, 3.8) is 0 Å². The molecule has 1 aromatic carbocycles. The van der Waals surface area contributed by atoms with Crippen LogP contribution in [0.5, 0.6) is 0 Å². The van der Waals surface area contributed by atoms with Gasteiger partial charge in [-0.15, -0.1) is 0 Å².